The SMILES string of the molecule is CCCCOc1cc(N)cc(OCCCC)n1. The predicted octanol–water partition coefficient (Wildman–Crippen LogP) is 3.02. The Hall–Kier alpha value is -1.45. The molecule has 17 heavy (non-hydrogen) atoms. The highest BCUT2D eigenvalue weighted by Gasteiger charge is 2.02. The lowest BCUT2D eigenvalue weighted by Gasteiger charge is -2.09. The summed E-state index contributed by atoms with van der Waals surface area (Å²) in [5.74, 6) is 1.09. The average Bonchev–Trinajstić information content (AvgIpc) is 2.29. The first-order valence-electron chi connectivity index (χ1n) is 6.29. The maximum absolute atomic E-state index is 5.77. The van der Waals surface area contributed by atoms with Crippen molar-refractivity contribution in [1.29, 1.82) is 0 Å². The maximum Gasteiger partial charge on any atom is 0.218 e. The first-order chi connectivity index (χ1) is 8.26. The van der Waals surface area contributed by atoms with E-state index in [1.807, 2.05) is 0 Å². The molecule has 0 radical (unpaired) electrons. The third kappa shape index (κ3) is 5.43. The minimum Gasteiger partial charge on any atom is -0.478 e. The first-order valence-corrected chi connectivity index (χ1v) is 6.29. The van der Waals surface area contributed by atoms with E-state index in [2.05, 4.69) is 18.8 Å². The van der Waals surface area contributed by atoms with E-state index >= 15 is 0 Å². The van der Waals surface area contributed by atoms with Gasteiger partial charge in [-0.2, -0.15) is 4.98 Å². The fourth-order valence-electron chi connectivity index (χ4n) is 1.29. The Kier molecular flexibility index (Phi) is 6.22. The zero-order valence-electron chi connectivity index (χ0n) is 10.7. The van der Waals surface area contributed by atoms with E-state index in [9.17, 15) is 0 Å². The molecule has 0 unspecified atom stereocenters. The number of nitrogens with two attached hydrogens (primary N) is 1. The van der Waals surface area contributed by atoms with Crippen LogP contribution in [0, 0.1) is 0 Å². The largest absolute Gasteiger partial charge is 0.478 e. The number of ether oxygens (including phenoxy) is 2. The molecule has 0 atom stereocenters. The Morgan fingerprint density at radius 3 is 1.88 bits per heavy atom. The molecule has 1 rings (SSSR count). The van der Waals surface area contributed by atoms with E-state index in [0.717, 1.165) is 25.7 Å². The molecular weight excluding hydrogens is 216 g/mol. The van der Waals surface area contributed by atoms with Crippen molar-refractivity contribution in [2.24, 2.45) is 0 Å². The number of nitrogens with zero attached hydrogens (tertiary/aromatic N) is 1. The monoisotopic (exact) mass is 238 g/mol. The van der Waals surface area contributed by atoms with Gasteiger partial charge in [0, 0.05) is 17.8 Å². The van der Waals surface area contributed by atoms with Crippen LogP contribution < -0.4 is 15.2 Å². The molecule has 0 saturated heterocycles. The molecule has 1 heterocycles. The molecular formula is C13H22N2O2. The van der Waals surface area contributed by atoms with E-state index in [0.29, 0.717) is 30.7 Å². The molecule has 0 aliphatic heterocycles. The molecule has 0 aliphatic carbocycles. The second kappa shape index (κ2) is 7.76. The van der Waals surface area contributed by atoms with Gasteiger partial charge in [0.15, 0.2) is 0 Å². The van der Waals surface area contributed by atoms with Crippen LogP contribution in [0.3, 0.4) is 0 Å². The van der Waals surface area contributed by atoms with Crippen LogP contribution in [0.5, 0.6) is 11.8 Å². The zero-order chi connectivity index (χ0) is 12.5. The summed E-state index contributed by atoms with van der Waals surface area (Å²) in [5.41, 5.74) is 6.39. The highest BCUT2D eigenvalue weighted by Crippen LogP contribution is 2.20. The fourth-order valence-corrected chi connectivity index (χ4v) is 1.29. The molecule has 0 amide bonds. The molecule has 0 bridgehead atoms. The van der Waals surface area contributed by atoms with Gasteiger partial charge in [-0.25, -0.2) is 0 Å². The molecule has 1 aromatic heterocycles. The number of aromatic nitrogens is 1. The fraction of sp³-hybridized carbons (Fsp3) is 0.615. The Morgan fingerprint density at radius 1 is 1.00 bits per heavy atom. The van der Waals surface area contributed by atoms with Crippen LogP contribution in [0.4, 0.5) is 5.69 Å². The van der Waals surface area contributed by atoms with Crippen molar-refractivity contribution in [1.82, 2.24) is 4.98 Å². The lowest BCUT2D eigenvalue weighted by Crippen LogP contribution is -2.03. The number of unbranched alkanes of at least 4 members (excludes halogenated alkanes) is 2. The van der Waals surface area contributed by atoms with Crippen molar-refractivity contribution in [3.63, 3.8) is 0 Å². The van der Waals surface area contributed by atoms with E-state index < -0.39 is 0 Å². The quantitative estimate of drug-likeness (QED) is 0.707. The Morgan fingerprint density at radius 2 is 1.47 bits per heavy atom. The normalized spacial score (nSPS) is 10.2. The highest BCUT2D eigenvalue weighted by atomic mass is 16.5. The summed E-state index contributed by atoms with van der Waals surface area (Å²) in [7, 11) is 0. The second-order valence-corrected chi connectivity index (χ2v) is 3.98. The maximum atomic E-state index is 5.77. The van der Waals surface area contributed by atoms with E-state index in [1.165, 1.54) is 0 Å². The third-order valence-electron chi connectivity index (χ3n) is 2.30. The van der Waals surface area contributed by atoms with Gasteiger partial charge < -0.3 is 15.2 Å². The van der Waals surface area contributed by atoms with Gasteiger partial charge in [0.05, 0.1) is 13.2 Å². The summed E-state index contributed by atoms with van der Waals surface area (Å²) >= 11 is 0. The topological polar surface area (TPSA) is 57.4 Å². The third-order valence-corrected chi connectivity index (χ3v) is 2.30. The van der Waals surface area contributed by atoms with E-state index in [-0.39, 0.29) is 0 Å². The lowest BCUT2D eigenvalue weighted by atomic mass is 10.3. The van der Waals surface area contributed by atoms with Gasteiger partial charge >= 0.3 is 0 Å². The average molecular weight is 238 g/mol. The van der Waals surface area contributed by atoms with Crippen molar-refractivity contribution < 1.29 is 9.47 Å². The molecule has 4 nitrogen and oxygen atoms in total. The van der Waals surface area contributed by atoms with Crippen LogP contribution >= 0.6 is 0 Å². The lowest BCUT2D eigenvalue weighted by molar-refractivity contribution is 0.273. The van der Waals surface area contributed by atoms with Crippen LogP contribution in [0.2, 0.25) is 0 Å². The molecule has 0 fully saturated rings. The van der Waals surface area contributed by atoms with Crippen molar-refractivity contribution in [3.05, 3.63) is 12.1 Å². The molecule has 1 aromatic rings. The van der Waals surface area contributed by atoms with Gasteiger partial charge in [0.1, 0.15) is 0 Å². The molecule has 0 aromatic carbocycles. The van der Waals surface area contributed by atoms with E-state index in [4.69, 9.17) is 15.2 Å². The molecule has 96 valence electrons. The smallest absolute Gasteiger partial charge is 0.218 e. The van der Waals surface area contributed by atoms with Crippen LogP contribution in [0.25, 0.3) is 0 Å². The zero-order valence-corrected chi connectivity index (χ0v) is 10.7. The minimum atomic E-state index is 0.546. The van der Waals surface area contributed by atoms with Gasteiger partial charge in [-0.15, -0.1) is 0 Å². The van der Waals surface area contributed by atoms with Crippen LogP contribution in [-0.2, 0) is 0 Å². The van der Waals surface area contributed by atoms with Gasteiger partial charge in [0.2, 0.25) is 11.8 Å². The van der Waals surface area contributed by atoms with Crippen LogP contribution in [0.1, 0.15) is 39.5 Å². The summed E-state index contributed by atoms with van der Waals surface area (Å²) in [6.07, 6.45) is 4.23. The molecule has 0 aliphatic rings. The number of hydrogen-bond donors (Lipinski definition) is 1. The molecule has 0 spiro atoms. The second-order valence-electron chi connectivity index (χ2n) is 3.98. The van der Waals surface area contributed by atoms with Gasteiger partial charge in [-0.3, -0.25) is 0 Å². The molecule has 0 saturated carbocycles. The van der Waals surface area contributed by atoms with Crippen molar-refractivity contribution in [2.75, 3.05) is 18.9 Å². The Bertz CT molecular complexity index is 301. The predicted molar refractivity (Wildman–Crippen MR) is 69.5 cm³/mol. The summed E-state index contributed by atoms with van der Waals surface area (Å²) < 4.78 is 11.0. The van der Waals surface area contributed by atoms with Crippen LogP contribution in [-0.4, -0.2) is 18.2 Å². The summed E-state index contributed by atoms with van der Waals surface area (Å²) in [6.45, 7) is 5.58. The Labute approximate surface area is 103 Å². The van der Waals surface area contributed by atoms with Crippen LogP contribution in [0.15, 0.2) is 12.1 Å². The van der Waals surface area contributed by atoms with Crippen molar-refractivity contribution >= 4 is 5.69 Å². The van der Waals surface area contributed by atoms with Gasteiger partial charge in [-0.05, 0) is 12.8 Å². The number of nitrogen functional groups attached to an aromatic ring is 1. The van der Waals surface area contributed by atoms with Gasteiger partial charge in [-0.1, -0.05) is 26.7 Å². The molecule has 4 heteroatoms. The minimum absolute atomic E-state index is 0.546. The van der Waals surface area contributed by atoms with Crippen molar-refractivity contribution in [3.8, 4) is 11.8 Å². The number of hydrogen-bond acceptors (Lipinski definition) is 4. The summed E-state index contributed by atoms with van der Waals surface area (Å²) in [5, 5.41) is 0. The summed E-state index contributed by atoms with van der Waals surface area (Å²) in [4.78, 5) is 4.25. The standard InChI is InChI=1S/C13H22N2O2/c1-3-5-7-16-12-9-11(14)10-13(15-12)17-8-6-4-2/h9-10H,3-8H2,1-2H3,(H2,14,15). The number of rotatable bonds is 8. The summed E-state index contributed by atoms with van der Waals surface area (Å²) in [6, 6.07) is 3.45. The first kappa shape index (κ1) is 13.6. The van der Waals surface area contributed by atoms with Gasteiger partial charge in [0.25, 0.3) is 0 Å². The number of pyridine rings is 1. The Balaban J connectivity index is 2.53. The molecule has 2 N–H and O–H groups in total. The van der Waals surface area contributed by atoms with Crippen molar-refractivity contribution in [2.45, 2.75) is 39.5 Å². The van der Waals surface area contributed by atoms with E-state index in [1.54, 1.807) is 12.1 Å². The number of anilines is 1. The highest BCUT2D eigenvalue weighted by molar-refractivity contribution is 5.44.